The molecular formula is C15H22N4O2. The Balaban J connectivity index is 1.64. The third kappa shape index (κ3) is 3.33. The molecule has 2 aliphatic rings. The molecule has 21 heavy (non-hydrogen) atoms. The van der Waals surface area contributed by atoms with E-state index in [0.717, 1.165) is 38.3 Å². The van der Waals surface area contributed by atoms with Crippen molar-refractivity contribution in [2.24, 2.45) is 0 Å². The molecule has 1 amide bonds. The average Bonchev–Trinajstić information content (AvgIpc) is 2.94. The largest absolute Gasteiger partial charge is 0.379 e. The van der Waals surface area contributed by atoms with Crippen molar-refractivity contribution in [1.82, 2.24) is 15.6 Å². The minimum Gasteiger partial charge on any atom is -0.379 e. The van der Waals surface area contributed by atoms with Crippen molar-refractivity contribution >= 4 is 11.6 Å². The maximum absolute atomic E-state index is 12.2. The van der Waals surface area contributed by atoms with Gasteiger partial charge in [-0.1, -0.05) is 0 Å². The molecule has 114 valence electrons. The number of nitrogens with zero attached hydrogens (tertiary/aromatic N) is 2. The lowest BCUT2D eigenvalue weighted by atomic mass is 10.0. The van der Waals surface area contributed by atoms with Crippen LogP contribution in [-0.2, 0) is 4.74 Å². The van der Waals surface area contributed by atoms with Crippen molar-refractivity contribution in [3.8, 4) is 0 Å². The smallest absolute Gasteiger partial charge is 0.270 e. The van der Waals surface area contributed by atoms with E-state index in [0.29, 0.717) is 18.9 Å². The molecule has 3 rings (SSSR count). The lowest BCUT2D eigenvalue weighted by Gasteiger charge is -2.29. The van der Waals surface area contributed by atoms with Gasteiger partial charge in [0.15, 0.2) is 0 Å². The topological polar surface area (TPSA) is 66.5 Å². The number of hydrogen-bond donors (Lipinski definition) is 2. The Bertz CT molecular complexity index is 491. The first-order chi connectivity index (χ1) is 10.2. The van der Waals surface area contributed by atoms with Crippen LogP contribution in [0, 0.1) is 0 Å². The minimum atomic E-state index is -0.268. The van der Waals surface area contributed by atoms with Crippen molar-refractivity contribution in [3.63, 3.8) is 0 Å². The van der Waals surface area contributed by atoms with Gasteiger partial charge < -0.3 is 20.3 Å². The van der Waals surface area contributed by atoms with Gasteiger partial charge in [0.2, 0.25) is 0 Å². The fourth-order valence-corrected chi connectivity index (χ4v) is 2.73. The number of rotatable bonds is 3. The number of ether oxygens (including phenoxy) is 1. The number of hydrogen-bond acceptors (Lipinski definition) is 5. The van der Waals surface area contributed by atoms with Crippen molar-refractivity contribution in [3.05, 3.63) is 24.0 Å². The predicted octanol–water partition coefficient (Wildman–Crippen LogP) is 0.400. The van der Waals surface area contributed by atoms with Gasteiger partial charge in [0.05, 0.1) is 24.0 Å². The molecule has 2 N–H and O–H groups in total. The first kappa shape index (κ1) is 14.3. The van der Waals surface area contributed by atoms with Gasteiger partial charge in [-0.15, -0.1) is 0 Å². The van der Waals surface area contributed by atoms with E-state index in [1.54, 1.807) is 12.3 Å². The first-order valence-electron chi connectivity index (χ1n) is 7.48. The number of carbonyl (C=O) groups is 1. The molecule has 0 spiro atoms. The molecule has 0 bridgehead atoms. The van der Waals surface area contributed by atoms with Crippen LogP contribution in [0.2, 0.25) is 0 Å². The summed E-state index contributed by atoms with van der Waals surface area (Å²) in [6.07, 6.45) is 2.63. The highest BCUT2D eigenvalue weighted by molar-refractivity contribution is 5.93. The van der Waals surface area contributed by atoms with Crippen LogP contribution in [0.4, 0.5) is 5.69 Å². The minimum absolute atomic E-state index is 0.130. The molecule has 2 fully saturated rings. The Morgan fingerprint density at radius 2 is 2.24 bits per heavy atom. The first-order valence-corrected chi connectivity index (χ1v) is 7.48. The van der Waals surface area contributed by atoms with E-state index in [1.807, 2.05) is 13.0 Å². The van der Waals surface area contributed by atoms with Gasteiger partial charge in [0.25, 0.3) is 5.91 Å². The van der Waals surface area contributed by atoms with E-state index in [9.17, 15) is 4.79 Å². The lowest BCUT2D eigenvalue weighted by molar-refractivity contribution is 0.0885. The number of aromatic nitrogens is 1. The van der Waals surface area contributed by atoms with Gasteiger partial charge in [0, 0.05) is 32.8 Å². The fourth-order valence-electron chi connectivity index (χ4n) is 2.73. The van der Waals surface area contributed by atoms with Crippen LogP contribution < -0.4 is 15.5 Å². The van der Waals surface area contributed by atoms with Crippen molar-refractivity contribution < 1.29 is 9.53 Å². The number of pyridine rings is 1. The van der Waals surface area contributed by atoms with E-state index in [4.69, 9.17) is 4.74 Å². The van der Waals surface area contributed by atoms with Crippen LogP contribution in [0.3, 0.4) is 0 Å². The standard InChI is InChI=1S/C15H22N4O2/c1-15(4-9-21-11-15)18-14(20)13-3-2-12(10-17-13)19-7-5-16-6-8-19/h2-3,10,16H,4-9,11H2,1H3,(H,18,20). The van der Waals surface area contributed by atoms with Crippen molar-refractivity contribution in [2.75, 3.05) is 44.3 Å². The summed E-state index contributed by atoms with van der Waals surface area (Å²) >= 11 is 0. The Labute approximate surface area is 124 Å². The normalized spacial score (nSPS) is 25.9. The quantitative estimate of drug-likeness (QED) is 0.843. The molecule has 0 saturated carbocycles. The maximum atomic E-state index is 12.2. The Morgan fingerprint density at radius 1 is 1.43 bits per heavy atom. The van der Waals surface area contributed by atoms with Crippen LogP contribution in [0.15, 0.2) is 18.3 Å². The molecule has 6 nitrogen and oxygen atoms in total. The van der Waals surface area contributed by atoms with Crippen LogP contribution in [0.1, 0.15) is 23.8 Å². The zero-order valence-corrected chi connectivity index (χ0v) is 12.4. The van der Waals surface area contributed by atoms with Gasteiger partial charge >= 0.3 is 0 Å². The molecule has 2 saturated heterocycles. The summed E-state index contributed by atoms with van der Waals surface area (Å²) in [7, 11) is 0. The van der Waals surface area contributed by atoms with Gasteiger partial charge in [-0.05, 0) is 25.5 Å². The molecule has 0 aromatic carbocycles. The summed E-state index contributed by atoms with van der Waals surface area (Å²) in [4.78, 5) is 18.8. The zero-order valence-electron chi connectivity index (χ0n) is 12.4. The summed E-state index contributed by atoms with van der Waals surface area (Å²) in [5, 5.41) is 6.34. The van der Waals surface area contributed by atoms with E-state index < -0.39 is 0 Å². The third-order valence-electron chi connectivity index (χ3n) is 4.10. The maximum Gasteiger partial charge on any atom is 0.270 e. The molecule has 0 radical (unpaired) electrons. The summed E-state index contributed by atoms with van der Waals surface area (Å²) in [6, 6.07) is 3.77. The van der Waals surface area contributed by atoms with Crippen molar-refractivity contribution in [2.45, 2.75) is 18.9 Å². The lowest BCUT2D eigenvalue weighted by Crippen LogP contribution is -2.46. The number of amides is 1. The van der Waals surface area contributed by atoms with Gasteiger partial charge in [-0.2, -0.15) is 0 Å². The number of piperazine rings is 1. The van der Waals surface area contributed by atoms with Crippen LogP contribution in [-0.4, -0.2) is 55.8 Å². The van der Waals surface area contributed by atoms with Gasteiger partial charge in [0.1, 0.15) is 5.69 Å². The zero-order chi connectivity index (χ0) is 14.7. The summed E-state index contributed by atoms with van der Waals surface area (Å²) in [5.41, 5.74) is 1.26. The average molecular weight is 290 g/mol. The SMILES string of the molecule is CC1(NC(=O)c2ccc(N3CCNCC3)cn2)CCOC1. The highest BCUT2D eigenvalue weighted by Crippen LogP contribution is 2.19. The van der Waals surface area contributed by atoms with Crippen LogP contribution >= 0.6 is 0 Å². The molecule has 3 heterocycles. The Morgan fingerprint density at radius 3 is 2.86 bits per heavy atom. The van der Waals surface area contributed by atoms with Crippen LogP contribution in [0.5, 0.6) is 0 Å². The van der Waals surface area contributed by atoms with Gasteiger partial charge in [-0.25, -0.2) is 4.98 Å². The summed E-state index contributed by atoms with van der Waals surface area (Å²) in [5.74, 6) is -0.130. The van der Waals surface area contributed by atoms with Gasteiger partial charge in [-0.3, -0.25) is 4.79 Å². The number of anilines is 1. The van der Waals surface area contributed by atoms with Crippen molar-refractivity contribution in [1.29, 1.82) is 0 Å². The summed E-state index contributed by atoms with van der Waals surface area (Å²) in [6.45, 7) is 7.20. The fraction of sp³-hybridized carbons (Fsp3) is 0.600. The second kappa shape index (κ2) is 5.99. The monoisotopic (exact) mass is 290 g/mol. The molecule has 6 heteroatoms. The number of nitrogens with one attached hydrogen (secondary N) is 2. The van der Waals surface area contributed by atoms with E-state index in [1.165, 1.54) is 0 Å². The second-order valence-corrected chi connectivity index (χ2v) is 5.96. The van der Waals surface area contributed by atoms with E-state index in [2.05, 4.69) is 20.5 Å². The third-order valence-corrected chi connectivity index (χ3v) is 4.10. The molecule has 2 aliphatic heterocycles. The molecule has 1 aromatic rings. The Kier molecular flexibility index (Phi) is 4.07. The second-order valence-electron chi connectivity index (χ2n) is 5.96. The highest BCUT2D eigenvalue weighted by atomic mass is 16.5. The molecule has 0 aliphatic carbocycles. The summed E-state index contributed by atoms with van der Waals surface area (Å²) < 4.78 is 5.35. The number of carbonyl (C=O) groups excluding carboxylic acids is 1. The molecular weight excluding hydrogens is 268 g/mol. The molecule has 1 unspecified atom stereocenters. The van der Waals surface area contributed by atoms with E-state index in [-0.39, 0.29) is 11.4 Å². The Hall–Kier alpha value is -1.66. The van der Waals surface area contributed by atoms with Crippen LogP contribution in [0.25, 0.3) is 0 Å². The molecule has 1 aromatic heterocycles. The predicted molar refractivity (Wildman–Crippen MR) is 80.6 cm³/mol. The highest BCUT2D eigenvalue weighted by Gasteiger charge is 2.31. The van der Waals surface area contributed by atoms with E-state index >= 15 is 0 Å². The molecule has 1 atom stereocenters.